The van der Waals surface area contributed by atoms with Gasteiger partial charge in [0.15, 0.2) is 0 Å². The van der Waals surface area contributed by atoms with Crippen molar-refractivity contribution in [2.75, 3.05) is 19.8 Å². The second-order valence-electron chi connectivity index (χ2n) is 4.24. The first kappa shape index (κ1) is 14.5. The topological polar surface area (TPSA) is 66.8 Å². The molecule has 104 valence electrons. The molecule has 1 fully saturated rings. The SMILES string of the molecule is CCN(C(=O)c1sccc1Br)C1COCC1C(=O)O. The maximum absolute atomic E-state index is 12.5. The number of carbonyl (C=O) groups excluding carboxylic acids is 1. The highest BCUT2D eigenvalue weighted by Gasteiger charge is 2.40. The van der Waals surface area contributed by atoms with Crippen LogP contribution in [0.25, 0.3) is 0 Å². The number of carboxylic acid groups (broad SMARTS) is 1. The fourth-order valence-electron chi connectivity index (χ4n) is 2.19. The van der Waals surface area contributed by atoms with E-state index in [-0.39, 0.29) is 19.1 Å². The molecular weight excluding hydrogens is 334 g/mol. The third kappa shape index (κ3) is 2.82. The number of halogens is 1. The number of likely N-dealkylation sites (N-methyl/N-ethyl adjacent to an activating group) is 1. The summed E-state index contributed by atoms with van der Waals surface area (Å²) in [5.74, 6) is -1.72. The van der Waals surface area contributed by atoms with Crippen molar-refractivity contribution in [3.05, 3.63) is 20.8 Å². The Morgan fingerprint density at radius 2 is 2.32 bits per heavy atom. The molecule has 0 radical (unpaired) electrons. The van der Waals surface area contributed by atoms with Crippen molar-refractivity contribution >= 4 is 39.1 Å². The summed E-state index contributed by atoms with van der Waals surface area (Å²) in [6, 6.07) is 1.41. The highest BCUT2D eigenvalue weighted by Crippen LogP contribution is 2.27. The number of thiophene rings is 1. The monoisotopic (exact) mass is 347 g/mol. The summed E-state index contributed by atoms with van der Waals surface area (Å²) in [7, 11) is 0. The Hall–Kier alpha value is -0.920. The van der Waals surface area contributed by atoms with Crippen molar-refractivity contribution in [3.63, 3.8) is 0 Å². The molecule has 2 heterocycles. The molecule has 0 saturated carbocycles. The predicted octanol–water partition coefficient (Wildman–Crippen LogP) is 2.07. The van der Waals surface area contributed by atoms with E-state index in [0.29, 0.717) is 11.4 Å². The van der Waals surface area contributed by atoms with Crippen LogP contribution in [0.1, 0.15) is 16.6 Å². The summed E-state index contributed by atoms with van der Waals surface area (Å²) in [6.07, 6.45) is 0. The number of hydrogen-bond donors (Lipinski definition) is 1. The van der Waals surface area contributed by atoms with Crippen molar-refractivity contribution < 1.29 is 19.4 Å². The van der Waals surface area contributed by atoms with Crippen LogP contribution in [-0.4, -0.2) is 47.7 Å². The molecule has 2 rings (SSSR count). The molecule has 0 aromatic carbocycles. The van der Waals surface area contributed by atoms with Crippen LogP contribution in [-0.2, 0) is 9.53 Å². The zero-order valence-corrected chi connectivity index (χ0v) is 12.7. The van der Waals surface area contributed by atoms with Crippen LogP contribution in [0.4, 0.5) is 0 Å². The number of hydrogen-bond acceptors (Lipinski definition) is 4. The largest absolute Gasteiger partial charge is 0.481 e. The normalized spacial score (nSPS) is 22.4. The van der Waals surface area contributed by atoms with Gasteiger partial charge in [0.25, 0.3) is 5.91 Å². The molecular formula is C12H14BrNO4S. The van der Waals surface area contributed by atoms with Gasteiger partial charge in [0, 0.05) is 11.0 Å². The lowest BCUT2D eigenvalue weighted by Gasteiger charge is -2.29. The van der Waals surface area contributed by atoms with Crippen molar-refractivity contribution in [3.8, 4) is 0 Å². The Kier molecular flexibility index (Phi) is 4.59. The second-order valence-corrected chi connectivity index (χ2v) is 6.01. The molecule has 1 aliphatic rings. The number of carboxylic acids is 1. The number of nitrogens with zero attached hydrogens (tertiary/aromatic N) is 1. The second kappa shape index (κ2) is 6.02. The van der Waals surface area contributed by atoms with Gasteiger partial charge < -0.3 is 14.7 Å². The third-order valence-corrected chi connectivity index (χ3v) is 5.01. The minimum Gasteiger partial charge on any atom is -0.481 e. The Labute approximate surface area is 123 Å². The van der Waals surface area contributed by atoms with Crippen LogP contribution in [0.15, 0.2) is 15.9 Å². The summed E-state index contributed by atoms with van der Waals surface area (Å²) < 4.78 is 5.97. The molecule has 2 atom stereocenters. The molecule has 1 aliphatic heterocycles. The summed E-state index contributed by atoms with van der Waals surface area (Å²) in [6.45, 7) is 2.74. The van der Waals surface area contributed by atoms with Gasteiger partial charge in [0.2, 0.25) is 0 Å². The van der Waals surface area contributed by atoms with E-state index < -0.39 is 17.9 Å². The summed E-state index contributed by atoms with van der Waals surface area (Å²) in [5, 5.41) is 11.0. The smallest absolute Gasteiger partial charge is 0.311 e. The quantitative estimate of drug-likeness (QED) is 0.905. The maximum Gasteiger partial charge on any atom is 0.311 e. The van der Waals surface area contributed by atoms with Crippen LogP contribution in [0.3, 0.4) is 0 Å². The maximum atomic E-state index is 12.5. The number of aliphatic carboxylic acids is 1. The van der Waals surface area contributed by atoms with E-state index in [2.05, 4.69) is 15.9 Å². The first-order chi connectivity index (χ1) is 9.06. The predicted molar refractivity (Wildman–Crippen MR) is 74.5 cm³/mol. The van der Waals surface area contributed by atoms with Crippen molar-refractivity contribution in [1.29, 1.82) is 0 Å². The zero-order valence-electron chi connectivity index (χ0n) is 10.3. The summed E-state index contributed by atoms with van der Waals surface area (Å²) >= 11 is 4.68. The fraction of sp³-hybridized carbons (Fsp3) is 0.500. The molecule has 19 heavy (non-hydrogen) atoms. The highest BCUT2D eigenvalue weighted by atomic mass is 79.9. The van der Waals surface area contributed by atoms with Gasteiger partial charge in [-0.05, 0) is 34.3 Å². The van der Waals surface area contributed by atoms with E-state index in [9.17, 15) is 14.7 Å². The minimum absolute atomic E-state index is 0.147. The molecule has 1 saturated heterocycles. The van der Waals surface area contributed by atoms with Crippen LogP contribution in [0.5, 0.6) is 0 Å². The number of carbonyl (C=O) groups is 2. The fourth-order valence-corrected chi connectivity index (χ4v) is 3.69. The van der Waals surface area contributed by atoms with Gasteiger partial charge in [-0.2, -0.15) is 0 Å². The zero-order chi connectivity index (χ0) is 14.0. The minimum atomic E-state index is -0.918. The van der Waals surface area contributed by atoms with E-state index in [0.717, 1.165) is 4.47 Å². The number of amides is 1. The van der Waals surface area contributed by atoms with E-state index in [1.807, 2.05) is 18.4 Å². The van der Waals surface area contributed by atoms with Gasteiger partial charge in [-0.1, -0.05) is 0 Å². The Balaban J connectivity index is 2.23. The van der Waals surface area contributed by atoms with Gasteiger partial charge in [-0.3, -0.25) is 9.59 Å². The Morgan fingerprint density at radius 3 is 2.84 bits per heavy atom. The third-order valence-electron chi connectivity index (χ3n) is 3.18. The number of ether oxygens (including phenoxy) is 1. The highest BCUT2D eigenvalue weighted by molar-refractivity contribution is 9.10. The van der Waals surface area contributed by atoms with Gasteiger partial charge in [-0.25, -0.2) is 0 Å². The molecule has 0 spiro atoms. The van der Waals surface area contributed by atoms with Gasteiger partial charge in [-0.15, -0.1) is 11.3 Å². The molecule has 0 bridgehead atoms. The summed E-state index contributed by atoms with van der Waals surface area (Å²) in [4.78, 5) is 25.8. The van der Waals surface area contributed by atoms with Crippen molar-refractivity contribution in [1.82, 2.24) is 4.90 Å². The number of rotatable bonds is 4. The molecule has 1 amide bonds. The van der Waals surface area contributed by atoms with Crippen LogP contribution in [0, 0.1) is 5.92 Å². The average molecular weight is 348 g/mol. The van der Waals surface area contributed by atoms with Crippen LogP contribution in [0.2, 0.25) is 0 Å². The first-order valence-corrected chi connectivity index (χ1v) is 7.58. The summed E-state index contributed by atoms with van der Waals surface area (Å²) in [5.41, 5.74) is 0. The van der Waals surface area contributed by atoms with E-state index >= 15 is 0 Å². The molecule has 0 aliphatic carbocycles. The van der Waals surface area contributed by atoms with E-state index in [4.69, 9.17) is 4.74 Å². The molecule has 2 unspecified atom stereocenters. The first-order valence-electron chi connectivity index (χ1n) is 5.90. The lowest BCUT2D eigenvalue weighted by molar-refractivity contribution is -0.142. The van der Waals surface area contributed by atoms with Crippen LogP contribution < -0.4 is 0 Å². The van der Waals surface area contributed by atoms with Crippen LogP contribution >= 0.6 is 27.3 Å². The van der Waals surface area contributed by atoms with E-state index in [1.165, 1.54) is 11.3 Å². The molecule has 1 aromatic rings. The lowest BCUT2D eigenvalue weighted by Crippen LogP contribution is -2.46. The van der Waals surface area contributed by atoms with Gasteiger partial charge in [0.1, 0.15) is 10.8 Å². The lowest BCUT2D eigenvalue weighted by atomic mass is 10.0. The molecule has 1 aromatic heterocycles. The molecule has 7 heteroatoms. The Bertz CT molecular complexity index is 490. The average Bonchev–Trinajstić information content (AvgIpc) is 2.98. The van der Waals surface area contributed by atoms with E-state index in [1.54, 1.807) is 4.90 Å². The molecule has 5 nitrogen and oxygen atoms in total. The van der Waals surface area contributed by atoms with Crippen molar-refractivity contribution in [2.24, 2.45) is 5.92 Å². The Morgan fingerprint density at radius 1 is 1.58 bits per heavy atom. The van der Waals surface area contributed by atoms with Gasteiger partial charge in [0.05, 0.1) is 19.3 Å². The standard InChI is InChI=1S/C12H14BrNO4S/c1-2-14(9-6-18-5-7(9)12(16)17)11(15)10-8(13)3-4-19-10/h3-4,7,9H,2,5-6H2,1H3,(H,16,17). The van der Waals surface area contributed by atoms with Gasteiger partial charge >= 0.3 is 5.97 Å². The van der Waals surface area contributed by atoms with Crippen molar-refractivity contribution in [2.45, 2.75) is 13.0 Å². The molecule has 1 N–H and O–H groups in total.